The summed E-state index contributed by atoms with van der Waals surface area (Å²) in [5.41, 5.74) is 4.21. The van der Waals surface area contributed by atoms with Gasteiger partial charge in [0.1, 0.15) is 23.5 Å². The number of hydrogen-bond acceptors (Lipinski definition) is 3. The Morgan fingerprint density at radius 2 is 1.73 bits per heavy atom. The summed E-state index contributed by atoms with van der Waals surface area (Å²) in [5.74, 6) is -1.61. The molecule has 1 amide bonds. The number of nitrogens with one attached hydrogen (secondary N) is 1. The number of rotatable bonds is 3. The highest BCUT2D eigenvalue weighted by Crippen LogP contribution is 2.31. The van der Waals surface area contributed by atoms with Gasteiger partial charge in [-0.2, -0.15) is 0 Å². The average Bonchev–Trinajstić information content (AvgIpc) is 3.06. The highest BCUT2D eigenvalue weighted by molar-refractivity contribution is 5.84. The summed E-state index contributed by atoms with van der Waals surface area (Å²) in [6.07, 6.45) is 3.74. The molecule has 134 valence electrons. The van der Waals surface area contributed by atoms with Crippen molar-refractivity contribution >= 4 is 5.91 Å². The van der Waals surface area contributed by atoms with E-state index in [4.69, 9.17) is 0 Å². The zero-order valence-corrected chi connectivity index (χ0v) is 13.7. The fraction of sp³-hybridized carbons (Fsp3) is 0.211. The third-order valence-electron chi connectivity index (χ3n) is 4.70. The van der Waals surface area contributed by atoms with E-state index in [2.05, 4.69) is 5.43 Å². The first-order valence-corrected chi connectivity index (χ1v) is 8.24. The fourth-order valence-corrected chi connectivity index (χ4v) is 3.33. The van der Waals surface area contributed by atoms with Crippen LogP contribution in [0.2, 0.25) is 0 Å². The predicted molar refractivity (Wildman–Crippen MR) is 88.6 cm³/mol. The number of nitrogens with zero attached hydrogens (tertiary/aromatic N) is 2. The Morgan fingerprint density at radius 1 is 1.00 bits per heavy atom. The summed E-state index contributed by atoms with van der Waals surface area (Å²) in [6.45, 7) is -0.0372. The molecule has 26 heavy (non-hydrogen) atoms. The molecule has 0 aliphatic carbocycles. The highest BCUT2D eigenvalue weighted by Gasteiger charge is 2.40. The van der Waals surface area contributed by atoms with E-state index in [1.54, 1.807) is 29.5 Å². The number of carbonyl (C=O) groups excluding carboxylic acids is 1. The van der Waals surface area contributed by atoms with Crippen molar-refractivity contribution in [1.82, 2.24) is 15.3 Å². The van der Waals surface area contributed by atoms with Crippen LogP contribution in [0, 0.1) is 17.5 Å². The van der Waals surface area contributed by atoms with E-state index in [0.717, 1.165) is 23.8 Å². The Balaban J connectivity index is 1.50. The summed E-state index contributed by atoms with van der Waals surface area (Å²) in [5, 5.41) is 1.70. The molecular weight excluding hydrogens is 343 g/mol. The molecule has 2 aromatic rings. The molecule has 0 saturated carbocycles. The first-order valence-electron chi connectivity index (χ1n) is 8.24. The molecular formula is C19H16F3N3O. The Hall–Kier alpha value is -2.80. The SMILES string of the molecule is O=C1C2CC(c3ccc(F)cc3)NN2C=CN1Cc1cc(F)ccc1F. The van der Waals surface area contributed by atoms with Crippen LogP contribution in [0.25, 0.3) is 0 Å². The third-order valence-corrected chi connectivity index (χ3v) is 4.70. The molecule has 2 aliphatic rings. The van der Waals surface area contributed by atoms with Gasteiger partial charge in [-0.3, -0.25) is 4.79 Å². The minimum Gasteiger partial charge on any atom is -0.311 e. The van der Waals surface area contributed by atoms with Gasteiger partial charge in [0.05, 0.1) is 12.6 Å². The number of hydrogen-bond donors (Lipinski definition) is 1. The Labute approximate surface area is 148 Å². The van der Waals surface area contributed by atoms with Crippen LogP contribution in [-0.2, 0) is 11.3 Å². The number of hydrazine groups is 1. The Bertz CT molecular complexity index is 869. The van der Waals surface area contributed by atoms with Gasteiger partial charge in [0.15, 0.2) is 0 Å². The molecule has 0 aromatic heterocycles. The van der Waals surface area contributed by atoms with Gasteiger partial charge in [-0.1, -0.05) is 12.1 Å². The molecule has 2 aromatic carbocycles. The molecule has 7 heteroatoms. The number of carbonyl (C=O) groups is 1. The lowest BCUT2D eigenvalue weighted by Gasteiger charge is -2.31. The standard InChI is InChI=1S/C19H16F3N3O/c20-14-3-1-12(2-4-14)17-10-18-19(26)24(7-8-25(18)23-17)11-13-9-15(21)5-6-16(13)22/h1-9,17-18,23H,10-11H2. The van der Waals surface area contributed by atoms with E-state index in [1.165, 1.54) is 17.0 Å². The van der Waals surface area contributed by atoms with Crippen molar-refractivity contribution in [3.05, 3.63) is 83.4 Å². The van der Waals surface area contributed by atoms with Gasteiger partial charge in [0.25, 0.3) is 5.91 Å². The first-order chi connectivity index (χ1) is 12.5. The molecule has 4 rings (SSSR count). The van der Waals surface area contributed by atoms with Crippen molar-refractivity contribution in [2.24, 2.45) is 0 Å². The maximum absolute atomic E-state index is 13.9. The van der Waals surface area contributed by atoms with Crippen molar-refractivity contribution in [2.45, 2.75) is 25.0 Å². The van der Waals surface area contributed by atoms with E-state index in [9.17, 15) is 18.0 Å². The van der Waals surface area contributed by atoms with Crippen LogP contribution < -0.4 is 5.43 Å². The second-order valence-corrected chi connectivity index (χ2v) is 6.39. The molecule has 0 spiro atoms. The normalized spacial score (nSPS) is 22.0. The Kier molecular flexibility index (Phi) is 4.16. The van der Waals surface area contributed by atoms with Crippen LogP contribution >= 0.6 is 0 Å². The average molecular weight is 359 g/mol. The van der Waals surface area contributed by atoms with E-state index < -0.39 is 17.7 Å². The minimum atomic E-state index is -0.552. The van der Waals surface area contributed by atoms with Crippen LogP contribution in [0.1, 0.15) is 23.6 Å². The van der Waals surface area contributed by atoms with Crippen LogP contribution in [-0.4, -0.2) is 21.9 Å². The molecule has 0 radical (unpaired) electrons. The maximum atomic E-state index is 13.9. The summed E-state index contributed by atoms with van der Waals surface area (Å²) in [4.78, 5) is 14.1. The lowest BCUT2D eigenvalue weighted by molar-refractivity contribution is -0.135. The van der Waals surface area contributed by atoms with Gasteiger partial charge in [0.2, 0.25) is 0 Å². The lowest BCUT2D eigenvalue weighted by atomic mass is 10.0. The van der Waals surface area contributed by atoms with Gasteiger partial charge in [-0.05, 0) is 42.3 Å². The quantitative estimate of drug-likeness (QED) is 0.914. The Morgan fingerprint density at radius 3 is 2.50 bits per heavy atom. The van der Waals surface area contributed by atoms with Gasteiger partial charge in [-0.15, -0.1) is 0 Å². The minimum absolute atomic E-state index is 0.0372. The van der Waals surface area contributed by atoms with E-state index in [-0.39, 0.29) is 29.9 Å². The summed E-state index contributed by atoms with van der Waals surface area (Å²) in [7, 11) is 0. The molecule has 1 fully saturated rings. The second kappa shape index (κ2) is 6.49. The predicted octanol–water partition coefficient (Wildman–Crippen LogP) is 3.24. The number of benzene rings is 2. The van der Waals surface area contributed by atoms with Gasteiger partial charge in [-0.25, -0.2) is 18.6 Å². The van der Waals surface area contributed by atoms with Crippen LogP contribution in [0.3, 0.4) is 0 Å². The van der Waals surface area contributed by atoms with Crippen LogP contribution in [0.4, 0.5) is 13.2 Å². The molecule has 4 nitrogen and oxygen atoms in total. The van der Waals surface area contributed by atoms with Crippen molar-refractivity contribution in [1.29, 1.82) is 0 Å². The zero-order chi connectivity index (χ0) is 18.3. The molecule has 1 N–H and O–H groups in total. The molecule has 2 atom stereocenters. The maximum Gasteiger partial charge on any atom is 0.251 e. The molecule has 0 bridgehead atoms. The number of fused-ring (bicyclic) bond motifs is 1. The monoisotopic (exact) mass is 359 g/mol. The smallest absolute Gasteiger partial charge is 0.251 e. The fourth-order valence-electron chi connectivity index (χ4n) is 3.33. The summed E-state index contributed by atoms with van der Waals surface area (Å²) >= 11 is 0. The highest BCUT2D eigenvalue weighted by atomic mass is 19.1. The lowest BCUT2D eigenvalue weighted by Crippen LogP contribution is -2.47. The van der Waals surface area contributed by atoms with Gasteiger partial charge in [0, 0.05) is 18.0 Å². The molecule has 2 aliphatic heterocycles. The van der Waals surface area contributed by atoms with Gasteiger partial charge < -0.3 is 9.91 Å². The van der Waals surface area contributed by atoms with Crippen LogP contribution in [0.5, 0.6) is 0 Å². The van der Waals surface area contributed by atoms with Crippen molar-refractivity contribution < 1.29 is 18.0 Å². The van der Waals surface area contributed by atoms with Crippen LogP contribution in [0.15, 0.2) is 54.9 Å². The van der Waals surface area contributed by atoms with E-state index >= 15 is 0 Å². The van der Waals surface area contributed by atoms with Gasteiger partial charge >= 0.3 is 0 Å². The molecule has 1 saturated heterocycles. The van der Waals surface area contributed by atoms with Crippen molar-refractivity contribution in [2.75, 3.05) is 0 Å². The number of halogens is 3. The van der Waals surface area contributed by atoms with E-state index in [0.29, 0.717) is 6.42 Å². The summed E-state index contributed by atoms with van der Waals surface area (Å²) in [6, 6.07) is 8.73. The molecule has 2 heterocycles. The molecule has 2 unspecified atom stereocenters. The summed E-state index contributed by atoms with van der Waals surface area (Å²) < 4.78 is 40.3. The van der Waals surface area contributed by atoms with Crippen molar-refractivity contribution in [3.8, 4) is 0 Å². The largest absolute Gasteiger partial charge is 0.311 e. The van der Waals surface area contributed by atoms with E-state index in [1.807, 2.05) is 0 Å². The third kappa shape index (κ3) is 3.06. The zero-order valence-electron chi connectivity index (χ0n) is 13.7. The number of amides is 1. The topological polar surface area (TPSA) is 35.6 Å². The second-order valence-electron chi connectivity index (χ2n) is 6.39. The first kappa shape index (κ1) is 16.7. The van der Waals surface area contributed by atoms with Crippen molar-refractivity contribution in [3.63, 3.8) is 0 Å².